The van der Waals surface area contributed by atoms with Crippen molar-refractivity contribution in [1.29, 1.82) is 0 Å². The van der Waals surface area contributed by atoms with E-state index in [0.29, 0.717) is 91.7 Å². The molecule has 78 heavy (non-hydrogen) atoms. The average Bonchev–Trinajstić information content (AvgIpc) is 4.33. The molecule has 0 unspecified atom stereocenters. The fraction of sp³-hybridized carbons (Fsp3) is 0.423. The zero-order chi connectivity index (χ0) is 54.6. The van der Waals surface area contributed by atoms with Crippen molar-refractivity contribution >= 4 is 53.6 Å². The number of nitrogens with zero attached hydrogens (tertiary/aromatic N) is 14. The number of pyridine rings is 2. The lowest BCUT2D eigenvalue weighted by Gasteiger charge is -2.19. The summed E-state index contributed by atoms with van der Waals surface area (Å²) in [4.78, 5) is 62.8. The quantitative estimate of drug-likeness (QED) is 0.102. The molecule has 12 rings (SSSR count). The van der Waals surface area contributed by atoms with E-state index in [1.807, 2.05) is 26.0 Å². The first-order chi connectivity index (χ1) is 37.5. The summed E-state index contributed by atoms with van der Waals surface area (Å²) in [5, 5.41) is 23.9. The number of rotatable bonds is 18. The van der Waals surface area contributed by atoms with E-state index in [4.69, 9.17) is 9.47 Å². The van der Waals surface area contributed by atoms with E-state index >= 15 is 0 Å². The van der Waals surface area contributed by atoms with Gasteiger partial charge in [0.2, 0.25) is 23.1 Å². The Morgan fingerprint density at radius 1 is 0.564 bits per heavy atom. The number of anilines is 2. The van der Waals surface area contributed by atoms with Crippen molar-refractivity contribution in [3.05, 3.63) is 105 Å². The first-order valence-electron chi connectivity index (χ1n) is 25.6. The van der Waals surface area contributed by atoms with Gasteiger partial charge in [0, 0.05) is 48.8 Å². The fourth-order valence-electron chi connectivity index (χ4n) is 9.59. The molecular formula is C52H56N16O8S2. The first-order valence-corrected chi connectivity index (χ1v) is 29.4. The zero-order valence-electron chi connectivity index (χ0n) is 43.7. The summed E-state index contributed by atoms with van der Waals surface area (Å²) in [6.45, 7) is 4.44. The van der Waals surface area contributed by atoms with E-state index < -0.39 is 19.7 Å². The van der Waals surface area contributed by atoms with Gasteiger partial charge >= 0.3 is 0 Å². The van der Waals surface area contributed by atoms with Gasteiger partial charge in [-0.1, -0.05) is 0 Å². The van der Waals surface area contributed by atoms with Gasteiger partial charge < -0.3 is 20.1 Å². The molecule has 0 spiro atoms. The minimum atomic E-state index is -3.35. The molecule has 26 heteroatoms. The molecule has 0 bridgehead atoms. The van der Waals surface area contributed by atoms with Crippen molar-refractivity contribution < 1.29 is 26.3 Å². The maximum Gasteiger partial charge on any atom is 0.294 e. The van der Waals surface area contributed by atoms with Crippen LogP contribution in [0.2, 0.25) is 0 Å². The molecule has 8 aromatic heterocycles. The Morgan fingerprint density at radius 3 is 1.28 bits per heavy atom. The second-order valence-electron chi connectivity index (χ2n) is 20.4. The number of aromatic nitrogens is 14. The highest BCUT2D eigenvalue weighted by Crippen LogP contribution is 2.47. The van der Waals surface area contributed by atoms with E-state index in [2.05, 4.69) is 70.9 Å². The summed E-state index contributed by atoms with van der Waals surface area (Å²) in [6, 6.07) is 9.73. The highest BCUT2D eigenvalue weighted by molar-refractivity contribution is 7.91. The Morgan fingerprint density at radius 2 is 0.962 bits per heavy atom. The Bertz CT molecular complexity index is 3720. The van der Waals surface area contributed by atoms with Crippen LogP contribution in [0.25, 0.3) is 44.8 Å². The summed E-state index contributed by atoms with van der Waals surface area (Å²) in [5.41, 5.74) is 6.63. The maximum atomic E-state index is 13.8. The van der Waals surface area contributed by atoms with Gasteiger partial charge in [-0.2, -0.15) is 0 Å². The maximum absolute atomic E-state index is 13.8. The Balaban J connectivity index is 0.000000165. The normalized spacial score (nSPS) is 16.3. The Hall–Kier alpha value is -8.00. The number of nitrogens with one attached hydrogen (secondary N) is 2. The van der Waals surface area contributed by atoms with Crippen LogP contribution in [-0.2, 0) is 32.8 Å². The highest BCUT2D eigenvalue weighted by atomic mass is 32.2. The molecule has 24 nitrogen and oxygen atoms in total. The third kappa shape index (κ3) is 10.8. The molecule has 2 N–H and O–H groups in total. The van der Waals surface area contributed by atoms with Crippen LogP contribution in [0.4, 0.5) is 11.6 Å². The molecule has 0 aromatic carbocycles. The molecule has 0 saturated heterocycles. The lowest BCUT2D eigenvalue weighted by atomic mass is 10.1. The molecule has 8 aromatic rings. The van der Waals surface area contributed by atoms with Crippen molar-refractivity contribution in [2.24, 2.45) is 11.8 Å². The predicted molar refractivity (Wildman–Crippen MR) is 287 cm³/mol. The monoisotopic (exact) mass is 1100 g/mol. The van der Waals surface area contributed by atoms with Crippen molar-refractivity contribution in [2.45, 2.75) is 112 Å². The Kier molecular flexibility index (Phi) is 13.9. The van der Waals surface area contributed by atoms with Crippen molar-refractivity contribution in [2.75, 3.05) is 37.4 Å². The van der Waals surface area contributed by atoms with Crippen LogP contribution < -0.4 is 31.2 Å². The van der Waals surface area contributed by atoms with Gasteiger partial charge in [-0.05, 0) is 113 Å². The first kappa shape index (κ1) is 52.1. The van der Waals surface area contributed by atoms with Gasteiger partial charge in [-0.25, -0.2) is 46.7 Å². The second kappa shape index (κ2) is 20.8. The Labute approximate surface area is 447 Å². The highest BCUT2D eigenvalue weighted by Gasteiger charge is 2.36. The lowest BCUT2D eigenvalue weighted by molar-refractivity contribution is 0.397. The van der Waals surface area contributed by atoms with Gasteiger partial charge in [0.1, 0.15) is 24.0 Å². The standard InChI is InChI=1S/2C26H28N8O4S/c2*1-14(15-4-5-15)34-20-10-19(21-22(16-6-7-16)29-13-30-25(21)38-2)32-33-23(20)31-24(26(34)35)28-11-17-8-9-18(12-27-17)39(3,36)37/h2*8-10,12-16H,4-7,11H2,1-3H3,(H,28,31,33)/t2*14-/m00/s1. The number of sulfone groups is 2. The molecule has 4 saturated carbocycles. The van der Waals surface area contributed by atoms with Gasteiger partial charge in [0.15, 0.2) is 31.3 Å². The van der Waals surface area contributed by atoms with E-state index in [1.54, 1.807) is 35.5 Å². The molecule has 0 aliphatic heterocycles. The topological polar surface area (TPSA) is 309 Å². The number of ether oxygens (including phenoxy) is 2. The van der Waals surface area contributed by atoms with Crippen LogP contribution >= 0.6 is 0 Å². The van der Waals surface area contributed by atoms with Crippen LogP contribution in [0.3, 0.4) is 0 Å². The van der Waals surface area contributed by atoms with E-state index in [-0.39, 0.29) is 57.7 Å². The van der Waals surface area contributed by atoms with Crippen molar-refractivity contribution in [1.82, 2.24) is 69.4 Å². The smallest absolute Gasteiger partial charge is 0.294 e. The SMILES string of the molecule is COc1ncnc(C2CC2)c1-c1cc2c(nn1)nc(NCc1ccc(S(C)(=O)=O)cn1)c(=O)n2[C@@H](C)C1CC1.COc1ncnc(C2CC2)c1-c1cc2c(nn1)nc(NCc1ccc(S(C)(=O)=O)cn1)c(=O)n2[C@@H](C)C1CC1. The van der Waals surface area contributed by atoms with Crippen LogP contribution in [0.15, 0.2) is 80.8 Å². The van der Waals surface area contributed by atoms with Crippen LogP contribution in [0.5, 0.6) is 11.8 Å². The van der Waals surface area contributed by atoms with E-state index in [9.17, 15) is 26.4 Å². The third-order valence-electron chi connectivity index (χ3n) is 14.6. The minimum absolute atomic E-state index is 0.0652. The molecule has 8 heterocycles. The largest absolute Gasteiger partial charge is 0.480 e. The van der Waals surface area contributed by atoms with Crippen LogP contribution in [0.1, 0.15) is 112 Å². The number of hydrogen-bond acceptors (Lipinski definition) is 22. The lowest BCUT2D eigenvalue weighted by Crippen LogP contribution is -2.29. The average molecular weight is 1100 g/mol. The van der Waals surface area contributed by atoms with Gasteiger partial charge in [-0.3, -0.25) is 28.7 Å². The molecule has 4 fully saturated rings. The van der Waals surface area contributed by atoms with Crippen LogP contribution in [0, 0.1) is 11.8 Å². The third-order valence-corrected chi connectivity index (χ3v) is 16.8. The summed E-state index contributed by atoms with van der Waals surface area (Å²) in [6.07, 6.45) is 16.2. The van der Waals surface area contributed by atoms with E-state index in [1.165, 1.54) is 37.2 Å². The second-order valence-corrected chi connectivity index (χ2v) is 24.4. The molecule has 0 amide bonds. The number of fused-ring (bicyclic) bond motifs is 2. The molecule has 4 aliphatic carbocycles. The molecule has 4 aliphatic rings. The molecular weight excluding hydrogens is 1040 g/mol. The van der Waals surface area contributed by atoms with Crippen molar-refractivity contribution in [3.63, 3.8) is 0 Å². The number of methoxy groups -OCH3 is 2. The van der Waals surface area contributed by atoms with E-state index in [0.717, 1.165) is 75.3 Å². The predicted octanol–water partition coefficient (Wildman–Crippen LogP) is 5.82. The zero-order valence-corrected chi connectivity index (χ0v) is 45.3. The number of hydrogen-bond donors (Lipinski definition) is 2. The fourth-order valence-corrected chi connectivity index (χ4v) is 10.7. The van der Waals surface area contributed by atoms with Crippen molar-refractivity contribution in [3.8, 4) is 34.3 Å². The van der Waals surface area contributed by atoms with Gasteiger partial charge in [-0.15, -0.1) is 20.4 Å². The summed E-state index contributed by atoms with van der Waals surface area (Å²) < 4.78 is 61.5. The summed E-state index contributed by atoms with van der Waals surface area (Å²) in [7, 11) is -3.57. The molecule has 2 atom stereocenters. The van der Waals surface area contributed by atoms with Crippen LogP contribution in [-0.4, -0.2) is 113 Å². The molecule has 0 radical (unpaired) electrons. The summed E-state index contributed by atoms with van der Waals surface area (Å²) in [5.74, 6) is 2.53. The summed E-state index contributed by atoms with van der Waals surface area (Å²) >= 11 is 0. The van der Waals surface area contributed by atoms with Gasteiger partial charge in [0.05, 0.1) is 82.0 Å². The molecule has 404 valence electrons. The minimum Gasteiger partial charge on any atom is -0.480 e. The van der Waals surface area contributed by atoms with Gasteiger partial charge in [0.25, 0.3) is 11.1 Å².